The van der Waals surface area contributed by atoms with Crippen molar-refractivity contribution < 1.29 is 9.53 Å². The minimum atomic E-state index is -0.798. The van der Waals surface area contributed by atoms with Crippen LogP contribution in [-0.4, -0.2) is 28.9 Å². The summed E-state index contributed by atoms with van der Waals surface area (Å²) in [6.45, 7) is 5.91. The van der Waals surface area contributed by atoms with Crippen LogP contribution in [-0.2, 0) is 9.53 Å². The molecule has 0 radical (unpaired) electrons. The first-order valence-corrected chi connectivity index (χ1v) is 7.26. The largest absolute Gasteiger partial charge is 0.464 e. The molecular formula is C15H17NO2S. The van der Waals surface area contributed by atoms with Crippen molar-refractivity contribution in [2.45, 2.75) is 18.9 Å². The number of thioether (sulfide) groups is 1. The van der Waals surface area contributed by atoms with E-state index in [1.165, 1.54) is 0 Å². The molecular weight excluding hydrogens is 258 g/mol. The first-order valence-electron chi connectivity index (χ1n) is 6.28. The molecule has 0 amide bonds. The molecule has 1 aromatic rings. The van der Waals surface area contributed by atoms with Crippen molar-refractivity contribution in [2.24, 2.45) is 4.99 Å². The topological polar surface area (TPSA) is 38.7 Å². The standard InChI is InChI=1S/C15H17NO2S/c1-3-10-15(14(17)18-4-2)11-19-13(16-15)12-8-6-5-7-9-12/h3,5-9H,1,4,10-11H2,2H3. The predicted octanol–water partition coefficient (Wildman–Crippen LogP) is 3.06. The summed E-state index contributed by atoms with van der Waals surface area (Å²) < 4.78 is 5.16. The maximum atomic E-state index is 12.1. The average Bonchev–Trinajstić information content (AvgIpc) is 2.86. The highest BCUT2D eigenvalue weighted by atomic mass is 32.2. The lowest BCUT2D eigenvalue weighted by Crippen LogP contribution is -2.38. The van der Waals surface area contributed by atoms with E-state index in [0.29, 0.717) is 18.8 Å². The van der Waals surface area contributed by atoms with Gasteiger partial charge in [0.05, 0.1) is 11.7 Å². The number of esters is 1. The van der Waals surface area contributed by atoms with E-state index >= 15 is 0 Å². The number of carbonyl (C=O) groups excluding carboxylic acids is 1. The summed E-state index contributed by atoms with van der Waals surface area (Å²) in [6, 6.07) is 9.90. The fourth-order valence-corrected chi connectivity index (χ4v) is 3.19. The fraction of sp³-hybridized carbons (Fsp3) is 0.333. The average molecular weight is 275 g/mol. The number of hydrogen-bond donors (Lipinski definition) is 0. The van der Waals surface area contributed by atoms with Gasteiger partial charge in [0.25, 0.3) is 0 Å². The zero-order valence-corrected chi connectivity index (χ0v) is 11.8. The van der Waals surface area contributed by atoms with Crippen LogP contribution in [0.2, 0.25) is 0 Å². The smallest absolute Gasteiger partial charge is 0.335 e. The van der Waals surface area contributed by atoms with Gasteiger partial charge in [0, 0.05) is 17.7 Å². The molecule has 1 aliphatic heterocycles. The highest BCUT2D eigenvalue weighted by molar-refractivity contribution is 8.14. The molecule has 1 aliphatic rings. The second-order valence-corrected chi connectivity index (χ2v) is 5.28. The monoisotopic (exact) mass is 275 g/mol. The molecule has 1 aromatic carbocycles. The number of rotatable bonds is 5. The van der Waals surface area contributed by atoms with Crippen molar-refractivity contribution in [1.82, 2.24) is 0 Å². The van der Waals surface area contributed by atoms with Crippen LogP contribution in [0.5, 0.6) is 0 Å². The minimum Gasteiger partial charge on any atom is -0.464 e. The first-order chi connectivity index (χ1) is 9.22. The Morgan fingerprint density at radius 2 is 2.26 bits per heavy atom. The molecule has 2 rings (SSSR count). The van der Waals surface area contributed by atoms with Gasteiger partial charge in [-0.1, -0.05) is 36.4 Å². The van der Waals surface area contributed by atoms with Crippen LogP contribution in [0.1, 0.15) is 18.9 Å². The minimum absolute atomic E-state index is 0.256. The lowest BCUT2D eigenvalue weighted by atomic mass is 9.98. The lowest BCUT2D eigenvalue weighted by Gasteiger charge is -2.20. The summed E-state index contributed by atoms with van der Waals surface area (Å²) in [5.74, 6) is 0.357. The van der Waals surface area contributed by atoms with Crippen LogP contribution < -0.4 is 0 Å². The fourth-order valence-electron chi connectivity index (χ4n) is 1.97. The molecule has 0 saturated carbocycles. The molecule has 3 nitrogen and oxygen atoms in total. The van der Waals surface area contributed by atoms with Crippen molar-refractivity contribution in [3.05, 3.63) is 48.6 Å². The number of carbonyl (C=O) groups is 1. The van der Waals surface area contributed by atoms with Crippen molar-refractivity contribution >= 4 is 22.8 Å². The summed E-state index contributed by atoms with van der Waals surface area (Å²) in [7, 11) is 0. The highest BCUT2D eigenvalue weighted by Gasteiger charge is 2.43. The molecule has 0 spiro atoms. The van der Waals surface area contributed by atoms with Crippen LogP contribution in [0.3, 0.4) is 0 Å². The molecule has 0 saturated heterocycles. The van der Waals surface area contributed by atoms with E-state index in [9.17, 15) is 4.79 Å². The molecule has 0 aromatic heterocycles. The Morgan fingerprint density at radius 3 is 2.89 bits per heavy atom. The molecule has 0 fully saturated rings. The molecule has 1 heterocycles. The van der Waals surface area contributed by atoms with Gasteiger partial charge in [-0.3, -0.25) is 4.99 Å². The zero-order valence-electron chi connectivity index (χ0n) is 11.0. The maximum Gasteiger partial charge on any atom is 0.335 e. The van der Waals surface area contributed by atoms with E-state index in [1.807, 2.05) is 37.3 Å². The van der Waals surface area contributed by atoms with Crippen LogP contribution in [0.25, 0.3) is 0 Å². The van der Waals surface area contributed by atoms with Gasteiger partial charge in [0.2, 0.25) is 0 Å². The Bertz CT molecular complexity index is 498. The van der Waals surface area contributed by atoms with Crippen LogP contribution >= 0.6 is 11.8 Å². The van der Waals surface area contributed by atoms with Gasteiger partial charge < -0.3 is 4.74 Å². The van der Waals surface area contributed by atoms with Gasteiger partial charge >= 0.3 is 5.97 Å². The van der Waals surface area contributed by atoms with Crippen molar-refractivity contribution in [2.75, 3.05) is 12.4 Å². The van der Waals surface area contributed by atoms with Gasteiger partial charge in [-0.05, 0) is 6.92 Å². The zero-order chi connectivity index (χ0) is 13.7. The summed E-state index contributed by atoms with van der Waals surface area (Å²) in [6.07, 6.45) is 2.24. The number of benzene rings is 1. The number of hydrogen-bond acceptors (Lipinski definition) is 4. The molecule has 0 aliphatic carbocycles. The Morgan fingerprint density at radius 1 is 1.53 bits per heavy atom. The molecule has 100 valence electrons. The van der Waals surface area contributed by atoms with E-state index in [1.54, 1.807) is 17.8 Å². The van der Waals surface area contributed by atoms with Crippen LogP contribution in [0.4, 0.5) is 0 Å². The molecule has 19 heavy (non-hydrogen) atoms. The Kier molecular flexibility index (Phi) is 4.43. The van der Waals surface area contributed by atoms with E-state index in [2.05, 4.69) is 11.6 Å². The van der Waals surface area contributed by atoms with Gasteiger partial charge in [-0.15, -0.1) is 18.3 Å². The number of nitrogens with zero attached hydrogens (tertiary/aromatic N) is 1. The van der Waals surface area contributed by atoms with Gasteiger partial charge in [-0.25, -0.2) is 4.79 Å². The normalized spacial score (nSPS) is 21.8. The summed E-state index contributed by atoms with van der Waals surface area (Å²) in [5, 5.41) is 0.899. The Balaban J connectivity index is 2.30. The second kappa shape index (κ2) is 6.06. The maximum absolute atomic E-state index is 12.1. The summed E-state index contributed by atoms with van der Waals surface area (Å²) >= 11 is 1.60. The third kappa shape index (κ3) is 2.89. The van der Waals surface area contributed by atoms with Crippen molar-refractivity contribution in [3.8, 4) is 0 Å². The van der Waals surface area contributed by atoms with E-state index < -0.39 is 5.54 Å². The quantitative estimate of drug-likeness (QED) is 0.612. The third-order valence-corrected chi connectivity index (χ3v) is 4.14. The second-order valence-electron chi connectivity index (χ2n) is 4.32. The van der Waals surface area contributed by atoms with Crippen molar-refractivity contribution in [1.29, 1.82) is 0 Å². The molecule has 1 unspecified atom stereocenters. The predicted molar refractivity (Wildman–Crippen MR) is 79.6 cm³/mol. The molecule has 1 atom stereocenters. The summed E-state index contributed by atoms with van der Waals surface area (Å²) in [5.41, 5.74) is 0.246. The lowest BCUT2D eigenvalue weighted by molar-refractivity contribution is -0.148. The SMILES string of the molecule is C=CCC1(C(=O)OCC)CSC(c2ccccc2)=N1. The number of ether oxygens (including phenoxy) is 1. The first kappa shape index (κ1) is 13.9. The van der Waals surface area contributed by atoms with E-state index in [0.717, 1.165) is 10.6 Å². The van der Waals surface area contributed by atoms with E-state index in [-0.39, 0.29) is 5.97 Å². The Hall–Kier alpha value is -1.55. The van der Waals surface area contributed by atoms with Crippen LogP contribution in [0, 0.1) is 0 Å². The molecule has 4 heteroatoms. The summed E-state index contributed by atoms with van der Waals surface area (Å²) in [4.78, 5) is 16.8. The van der Waals surface area contributed by atoms with Gasteiger partial charge in [-0.2, -0.15) is 0 Å². The van der Waals surface area contributed by atoms with Crippen LogP contribution in [0.15, 0.2) is 48.0 Å². The molecule has 0 N–H and O–H groups in total. The van der Waals surface area contributed by atoms with Gasteiger partial charge in [0.15, 0.2) is 5.54 Å². The third-order valence-electron chi connectivity index (χ3n) is 2.92. The highest BCUT2D eigenvalue weighted by Crippen LogP contribution is 2.34. The number of aliphatic imine (C=N–C) groups is 1. The Labute approximate surface area is 117 Å². The van der Waals surface area contributed by atoms with Crippen molar-refractivity contribution in [3.63, 3.8) is 0 Å². The van der Waals surface area contributed by atoms with E-state index in [4.69, 9.17) is 4.74 Å². The molecule has 0 bridgehead atoms. The van der Waals surface area contributed by atoms with Gasteiger partial charge in [0.1, 0.15) is 0 Å².